The highest BCUT2D eigenvalue weighted by atomic mass is 35.5. The summed E-state index contributed by atoms with van der Waals surface area (Å²) in [6, 6.07) is 14.7. The first-order valence-electron chi connectivity index (χ1n) is 12.7. The van der Waals surface area contributed by atoms with Gasteiger partial charge in [0.1, 0.15) is 5.82 Å². The van der Waals surface area contributed by atoms with Gasteiger partial charge in [-0.1, -0.05) is 49.2 Å². The summed E-state index contributed by atoms with van der Waals surface area (Å²) in [7, 11) is 0. The first kappa shape index (κ1) is 25.2. The maximum atomic E-state index is 14.9. The second-order valence-electron chi connectivity index (χ2n) is 9.86. The van der Waals surface area contributed by atoms with Gasteiger partial charge in [-0.2, -0.15) is 0 Å². The summed E-state index contributed by atoms with van der Waals surface area (Å²) in [6.07, 6.45) is 5.94. The molecule has 0 saturated heterocycles. The van der Waals surface area contributed by atoms with Gasteiger partial charge in [0.15, 0.2) is 0 Å². The number of benzene rings is 2. The highest BCUT2D eigenvalue weighted by molar-refractivity contribution is 6.31. The van der Waals surface area contributed by atoms with Crippen LogP contribution in [0, 0.1) is 18.7 Å². The molecule has 5 nitrogen and oxygen atoms in total. The van der Waals surface area contributed by atoms with Crippen LogP contribution in [0.15, 0.2) is 60.8 Å². The molecule has 5 rings (SSSR count). The Balaban J connectivity index is 1.52. The Morgan fingerprint density at radius 2 is 1.92 bits per heavy atom. The van der Waals surface area contributed by atoms with Crippen LogP contribution in [0.25, 0.3) is 16.7 Å². The molecular formula is C30H29ClFN3O2. The van der Waals surface area contributed by atoms with Crippen molar-refractivity contribution < 1.29 is 14.0 Å². The molecule has 3 aromatic rings. The normalized spacial score (nSPS) is 20.3. The minimum atomic E-state index is -0.486. The number of nitrogens with one attached hydrogen (secondary N) is 1. The molecule has 0 saturated carbocycles. The molecule has 0 fully saturated rings. The summed E-state index contributed by atoms with van der Waals surface area (Å²) in [4.78, 5) is 32.8. The van der Waals surface area contributed by atoms with Crippen LogP contribution in [0.4, 0.5) is 10.1 Å². The van der Waals surface area contributed by atoms with Gasteiger partial charge in [0.05, 0.1) is 16.8 Å². The minimum absolute atomic E-state index is 0.0144. The predicted octanol–water partition coefficient (Wildman–Crippen LogP) is 6.97. The Morgan fingerprint density at radius 1 is 1.11 bits per heavy atom. The van der Waals surface area contributed by atoms with Crippen LogP contribution in [0.1, 0.15) is 55.5 Å². The van der Waals surface area contributed by atoms with E-state index in [0.717, 1.165) is 34.5 Å². The van der Waals surface area contributed by atoms with Gasteiger partial charge in [0.25, 0.3) is 0 Å². The Hall–Kier alpha value is -3.51. The van der Waals surface area contributed by atoms with Crippen LogP contribution in [0.5, 0.6) is 0 Å². The fourth-order valence-electron chi connectivity index (χ4n) is 5.31. The summed E-state index contributed by atoms with van der Waals surface area (Å²) in [5.74, 6) is -0.841. The fourth-order valence-corrected chi connectivity index (χ4v) is 5.47. The number of nitrogens with zero attached hydrogens (tertiary/aromatic N) is 2. The second-order valence-corrected chi connectivity index (χ2v) is 10.3. The first-order chi connectivity index (χ1) is 17.8. The summed E-state index contributed by atoms with van der Waals surface area (Å²) in [6.45, 7) is 4.20. The van der Waals surface area contributed by atoms with Gasteiger partial charge in [-0.05, 0) is 67.2 Å². The van der Waals surface area contributed by atoms with Gasteiger partial charge in [0.2, 0.25) is 11.8 Å². The summed E-state index contributed by atoms with van der Waals surface area (Å²) in [5, 5.41) is 3.13. The lowest BCUT2D eigenvalue weighted by Crippen LogP contribution is -2.38. The molecule has 0 aliphatic carbocycles. The summed E-state index contributed by atoms with van der Waals surface area (Å²) < 4.78 is 14.9. The molecule has 1 aromatic heterocycles. The number of amides is 2. The van der Waals surface area contributed by atoms with Crippen LogP contribution in [-0.4, -0.2) is 28.2 Å². The van der Waals surface area contributed by atoms with Crippen LogP contribution >= 0.6 is 11.6 Å². The molecule has 7 heteroatoms. The molecule has 37 heavy (non-hydrogen) atoms. The number of halogens is 2. The van der Waals surface area contributed by atoms with Gasteiger partial charge in [0, 0.05) is 41.5 Å². The van der Waals surface area contributed by atoms with Gasteiger partial charge in [-0.15, -0.1) is 0 Å². The molecule has 2 unspecified atom stereocenters. The minimum Gasteiger partial charge on any atom is -0.330 e. The van der Waals surface area contributed by atoms with Gasteiger partial charge in [-0.3, -0.25) is 14.6 Å². The molecule has 2 aliphatic rings. The topological polar surface area (TPSA) is 62.3 Å². The lowest BCUT2D eigenvalue weighted by molar-refractivity contribution is -0.129. The van der Waals surface area contributed by atoms with E-state index in [2.05, 4.69) is 10.3 Å². The lowest BCUT2D eigenvalue weighted by Gasteiger charge is -2.35. The zero-order chi connectivity index (χ0) is 26.1. The average molecular weight is 518 g/mol. The zero-order valence-electron chi connectivity index (χ0n) is 20.9. The average Bonchev–Trinajstić information content (AvgIpc) is 2.89. The van der Waals surface area contributed by atoms with E-state index >= 15 is 0 Å². The molecular weight excluding hydrogens is 489 g/mol. The van der Waals surface area contributed by atoms with Crippen molar-refractivity contribution in [3.63, 3.8) is 0 Å². The van der Waals surface area contributed by atoms with E-state index in [4.69, 9.17) is 11.6 Å². The van der Waals surface area contributed by atoms with Crippen molar-refractivity contribution in [3.05, 3.63) is 88.5 Å². The third-order valence-corrected chi connectivity index (χ3v) is 7.68. The van der Waals surface area contributed by atoms with Crippen LogP contribution in [0.3, 0.4) is 0 Å². The number of hydrogen-bond acceptors (Lipinski definition) is 3. The predicted molar refractivity (Wildman–Crippen MR) is 145 cm³/mol. The van der Waals surface area contributed by atoms with Crippen molar-refractivity contribution >= 4 is 34.7 Å². The third kappa shape index (κ3) is 5.03. The van der Waals surface area contributed by atoms with Crippen LogP contribution < -0.4 is 5.32 Å². The highest BCUT2D eigenvalue weighted by Crippen LogP contribution is 2.37. The lowest BCUT2D eigenvalue weighted by atomic mass is 9.91. The Bertz CT molecular complexity index is 1400. The molecule has 3 heterocycles. The number of pyridine rings is 1. The number of anilines is 1. The zero-order valence-corrected chi connectivity index (χ0v) is 21.7. The quantitative estimate of drug-likeness (QED) is 0.399. The molecule has 2 aliphatic heterocycles. The summed E-state index contributed by atoms with van der Waals surface area (Å²) >= 11 is 6.04. The number of hydrogen-bond donors (Lipinski definition) is 1. The Morgan fingerprint density at radius 3 is 2.73 bits per heavy atom. The van der Waals surface area contributed by atoms with Crippen LogP contribution in [0.2, 0.25) is 5.02 Å². The van der Waals surface area contributed by atoms with Crippen LogP contribution in [-0.2, 0) is 9.59 Å². The van der Waals surface area contributed by atoms with E-state index < -0.39 is 5.82 Å². The number of carbonyl (C=O) groups is 2. The number of rotatable bonds is 2. The number of fused-ring (bicyclic) bond motifs is 4. The number of aromatic nitrogens is 1. The number of para-hydroxylation sites is 1. The van der Waals surface area contributed by atoms with E-state index in [1.807, 2.05) is 55.1 Å². The second kappa shape index (κ2) is 10.5. The van der Waals surface area contributed by atoms with Crippen molar-refractivity contribution in [2.24, 2.45) is 5.92 Å². The van der Waals surface area contributed by atoms with Crippen molar-refractivity contribution in [1.82, 2.24) is 9.88 Å². The van der Waals surface area contributed by atoms with Crippen molar-refractivity contribution in [2.45, 2.75) is 45.6 Å². The van der Waals surface area contributed by atoms with E-state index in [9.17, 15) is 14.0 Å². The smallest absolute Gasteiger partial charge is 0.247 e. The molecule has 0 spiro atoms. The monoisotopic (exact) mass is 517 g/mol. The van der Waals surface area contributed by atoms with Crippen molar-refractivity contribution in [1.29, 1.82) is 0 Å². The van der Waals surface area contributed by atoms with E-state index in [1.54, 1.807) is 12.3 Å². The molecule has 2 aromatic carbocycles. The van der Waals surface area contributed by atoms with Gasteiger partial charge < -0.3 is 10.2 Å². The Labute approximate surface area is 221 Å². The molecule has 1 N–H and O–H groups in total. The maximum Gasteiger partial charge on any atom is 0.247 e. The number of aryl methyl sites for hydroxylation is 1. The van der Waals surface area contributed by atoms with Crippen molar-refractivity contribution in [2.75, 3.05) is 11.9 Å². The maximum absolute atomic E-state index is 14.9. The molecule has 2 atom stereocenters. The SMILES string of the molecule is Cc1ccc(Cl)c(F)c1C1=CC(=O)N(C2CCCC(C)C(=O)Nc3ccccc3-c3ccnc2c3)CC1. The van der Waals surface area contributed by atoms with Crippen molar-refractivity contribution in [3.8, 4) is 11.1 Å². The summed E-state index contributed by atoms with van der Waals surface area (Å²) in [5.41, 5.74) is 5.22. The molecule has 2 bridgehead atoms. The van der Waals surface area contributed by atoms with Gasteiger partial charge >= 0.3 is 0 Å². The van der Waals surface area contributed by atoms with E-state index in [0.29, 0.717) is 36.9 Å². The third-order valence-electron chi connectivity index (χ3n) is 7.38. The molecule has 2 amide bonds. The van der Waals surface area contributed by atoms with Gasteiger partial charge in [-0.25, -0.2) is 4.39 Å². The molecule has 190 valence electrons. The van der Waals surface area contributed by atoms with E-state index in [-0.39, 0.29) is 28.8 Å². The first-order valence-corrected chi connectivity index (χ1v) is 13.0. The largest absolute Gasteiger partial charge is 0.330 e. The van der Waals surface area contributed by atoms with E-state index in [1.165, 1.54) is 12.1 Å². The fraction of sp³-hybridized carbons (Fsp3) is 0.300. The highest BCUT2D eigenvalue weighted by Gasteiger charge is 2.31. The Kier molecular flexibility index (Phi) is 7.11. The standard InChI is InChI=1S/C30H29ClFN3O2/c1-18-10-11-23(31)29(32)28(18)21-13-15-35(27(36)17-21)26-9-5-6-19(2)30(37)34-24-8-4-3-7-22(24)20-12-14-33-25(26)16-20/h3-4,7-8,10-12,14,16-17,19,26H,5-6,9,13,15H2,1-2H3,(H,34,37). The number of carbonyl (C=O) groups excluding carboxylic acids is 2. The molecule has 0 radical (unpaired) electrons.